The Bertz CT molecular complexity index is 842. The number of aryl methyl sites for hydroxylation is 1. The number of halogens is 1. The summed E-state index contributed by atoms with van der Waals surface area (Å²) in [5, 5.41) is 10.4. The number of aromatic nitrogens is 2. The van der Waals surface area contributed by atoms with Gasteiger partial charge in [-0.2, -0.15) is 5.10 Å². The molecule has 0 unspecified atom stereocenters. The lowest BCUT2D eigenvalue weighted by Crippen LogP contribution is -2.23. The molecule has 0 bridgehead atoms. The third-order valence-electron chi connectivity index (χ3n) is 3.67. The van der Waals surface area contributed by atoms with Crippen LogP contribution >= 0.6 is 11.6 Å². The predicted octanol–water partition coefficient (Wildman–Crippen LogP) is 3.97. The molecule has 0 fully saturated rings. The van der Waals surface area contributed by atoms with E-state index in [1.54, 1.807) is 12.1 Å². The van der Waals surface area contributed by atoms with E-state index in [2.05, 4.69) is 15.5 Å². The monoisotopic (exact) mass is 325 g/mol. The van der Waals surface area contributed by atoms with Crippen LogP contribution in [0.1, 0.15) is 21.6 Å². The van der Waals surface area contributed by atoms with Gasteiger partial charge < -0.3 is 5.32 Å². The van der Waals surface area contributed by atoms with E-state index in [-0.39, 0.29) is 5.91 Å². The van der Waals surface area contributed by atoms with Gasteiger partial charge in [0.2, 0.25) is 0 Å². The van der Waals surface area contributed by atoms with Crippen molar-refractivity contribution >= 4 is 17.5 Å². The average Bonchev–Trinajstić information content (AvgIpc) is 3.04. The van der Waals surface area contributed by atoms with Crippen LogP contribution in [0.5, 0.6) is 0 Å². The molecule has 0 atom stereocenters. The van der Waals surface area contributed by atoms with Crippen molar-refractivity contribution in [3.63, 3.8) is 0 Å². The number of H-pyrrole nitrogens is 1. The molecular weight excluding hydrogens is 310 g/mol. The van der Waals surface area contributed by atoms with E-state index >= 15 is 0 Å². The minimum absolute atomic E-state index is 0.195. The molecule has 0 aliphatic heterocycles. The summed E-state index contributed by atoms with van der Waals surface area (Å²) in [5.41, 5.74) is 4.09. The zero-order valence-electron chi connectivity index (χ0n) is 12.6. The molecule has 116 valence electrons. The minimum Gasteiger partial charge on any atom is -0.347 e. The van der Waals surface area contributed by atoms with Gasteiger partial charge in [0.1, 0.15) is 5.69 Å². The van der Waals surface area contributed by atoms with Gasteiger partial charge in [0.15, 0.2) is 0 Å². The summed E-state index contributed by atoms with van der Waals surface area (Å²) >= 11 is 6.15. The second-order valence-electron chi connectivity index (χ2n) is 5.26. The molecule has 0 saturated heterocycles. The average molecular weight is 326 g/mol. The topological polar surface area (TPSA) is 57.8 Å². The van der Waals surface area contributed by atoms with Gasteiger partial charge in [0.25, 0.3) is 5.91 Å². The van der Waals surface area contributed by atoms with Crippen LogP contribution in [0, 0.1) is 6.92 Å². The summed E-state index contributed by atoms with van der Waals surface area (Å²) in [6, 6.07) is 17.1. The number of carbonyl (C=O) groups excluding carboxylic acids is 1. The van der Waals surface area contributed by atoms with Gasteiger partial charge in [-0.25, -0.2) is 0 Å². The number of rotatable bonds is 4. The lowest BCUT2D eigenvalue weighted by atomic mass is 10.1. The smallest absolute Gasteiger partial charge is 0.269 e. The van der Waals surface area contributed by atoms with E-state index in [4.69, 9.17) is 11.6 Å². The third kappa shape index (κ3) is 3.43. The number of hydrogen-bond donors (Lipinski definition) is 2. The van der Waals surface area contributed by atoms with E-state index in [1.165, 1.54) is 0 Å². The van der Waals surface area contributed by atoms with Crippen LogP contribution in [0.25, 0.3) is 11.3 Å². The zero-order chi connectivity index (χ0) is 16.2. The summed E-state index contributed by atoms with van der Waals surface area (Å²) in [7, 11) is 0. The second-order valence-corrected chi connectivity index (χ2v) is 5.66. The summed E-state index contributed by atoms with van der Waals surface area (Å²) in [6.45, 7) is 2.50. The lowest BCUT2D eigenvalue weighted by Gasteiger charge is -2.06. The predicted molar refractivity (Wildman–Crippen MR) is 91.4 cm³/mol. The molecule has 2 aromatic carbocycles. The summed E-state index contributed by atoms with van der Waals surface area (Å²) in [6.07, 6.45) is 0. The van der Waals surface area contributed by atoms with E-state index < -0.39 is 0 Å². The Morgan fingerprint density at radius 1 is 1.17 bits per heavy atom. The molecule has 1 heterocycles. The first-order chi connectivity index (χ1) is 11.1. The molecule has 1 amide bonds. The highest BCUT2D eigenvalue weighted by Crippen LogP contribution is 2.26. The Balaban J connectivity index is 1.72. The van der Waals surface area contributed by atoms with E-state index in [9.17, 15) is 4.79 Å². The van der Waals surface area contributed by atoms with Crippen LogP contribution in [0.3, 0.4) is 0 Å². The fraction of sp³-hybridized carbons (Fsp3) is 0.111. The maximum absolute atomic E-state index is 12.2. The van der Waals surface area contributed by atoms with Crippen molar-refractivity contribution in [3.05, 3.63) is 76.4 Å². The molecule has 3 aromatic rings. The fourth-order valence-electron chi connectivity index (χ4n) is 2.32. The van der Waals surface area contributed by atoms with Gasteiger partial charge in [-0.1, -0.05) is 54.1 Å². The molecule has 0 spiro atoms. The maximum Gasteiger partial charge on any atom is 0.269 e. The third-order valence-corrected chi connectivity index (χ3v) is 4.00. The molecule has 3 rings (SSSR count). The number of benzene rings is 2. The van der Waals surface area contributed by atoms with E-state index in [1.807, 2.05) is 49.4 Å². The van der Waals surface area contributed by atoms with Crippen molar-refractivity contribution in [2.24, 2.45) is 0 Å². The first-order valence-electron chi connectivity index (χ1n) is 7.28. The SMILES string of the molecule is Cc1ccccc1CNC(=O)c1cc(-c2ccccc2Cl)n[nH]1. The fourth-order valence-corrected chi connectivity index (χ4v) is 2.56. The van der Waals surface area contributed by atoms with Crippen LogP contribution in [-0.2, 0) is 6.54 Å². The zero-order valence-corrected chi connectivity index (χ0v) is 13.4. The largest absolute Gasteiger partial charge is 0.347 e. The van der Waals surface area contributed by atoms with Crippen molar-refractivity contribution in [3.8, 4) is 11.3 Å². The maximum atomic E-state index is 12.2. The first kappa shape index (κ1) is 15.3. The number of aromatic amines is 1. The molecule has 0 aliphatic carbocycles. The molecule has 5 heteroatoms. The van der Waals surface area contributed by atoms with Crippen molar-refractivity contribution in [2.45, 2.75) is 13.5 Å². The number of amides is 1. The van der Waals surface area contributed by atoms with Crippen LogP contribution in [0.4, 0.5) is 0 Å². The van der Waals surface area contributed by atoms with Crippen LogP contribution < -0.4 is 5.32 Å². The Morgan fingerprint density at radius 3 is 2.70 bits per heavy atom. The molecule has 0 radical (unpaired) electrons. The van der Waals surface area contributed by atoms with Gasteiger partial charge in [0.05, 0.1) is 10.7 Å². The van der Waals surface area contributed by atoms with E-state index in [0.29, 0.717) is 23.0 Å². The van der Waals surface area contributed by atoms with Crippen molar-refractivity contribution in [1.82, 2.24) is 15.5 Å². The summed E-state index contributed by atoms with van der Waals surface area (Å²) < 4.78 is 0. The molecule has 4 nitrogen and oxygen atoms in total. The highest BCUT2D eigenvalue weighted by Gasteiger charge is 2.12. The Morgan fingerprint density at radius 2 is 1.91 bits per heavy atom. The van der Waals surface area contributed by atoms with Gasteiger partial charge in [-0.05, 0) is 30.2 Å². The number of carbonyl (C=O) groups is 1. The van der Waals surface area contributed by atoms with E-state index in [0.717, 1.165) is 16.7 Å². The highest BCUT2D eigenvalue weighted by atomic mass is 35.5. The molecule has 0 aliphatic rings. The summed E-state index contributed by atoms with van der Waals surface area (Å²) in [5.74, 6) is -0.195. The Kier molecular flexibility index (Phi) is 4.44. The van der Waals surface area contributed by atoms with Gasteiger partial charge in [-0.15, -0.1) is 0 Å². The Labute approximate surface area is 139 Å². The Hall–Kier alpha value is -2.59. The highest BCUT2D eigenvalue weighted by molar-refractivity contribution is 6.33. The number of nitrogens with one attached hydrogen (secondary N) is 2. The van der Waals surface area contributed by atoms with Gasteiger partial charge in [0, 0.05) is 12.1 Å². The molecule has 1 aromatic heterocycles. The van der Waals surface area contributed by atoms with Gasteiger partial charge >= 0.3 is 0 Å². The van der Waals surface area contributed by atoms with Crippen molar-refractivity contribution in [1.29, 1.82) is 0 Å². The van der Waals surface area contributed by atoms with Crippen LogP contribution in [0.15, 0.2) is 54.6 Å². The normalized spacial score (nSPS) is 10.5. The number of hydrogen-bond acceptors (Lipinski definition) is 2. The molecular formula is C18H16ClN3O. The lowest BCUT2D eigenvalue weighted by molar-refractivity contribution is 0.0946. The van der Waals surface area contributed by atoms with Crippen molar-refractivity contribution in [2.75, 3.05) is 0 Å². The van der Waals surface area contributed by atoms with Crippen LogP contribution in [0.2, 0.25) is 5.02 Å². The quantitative estimate of drug-likeness (QED) is 0.762. The van der Waals surface area contributed by atoms with Crippen molar-refractivity contribution < 1.29 is 4.79 Å². The standard InChI is InChI=1S/C18H16ClN3O/c1-12-6-2-3-7-13(12)11-20-18(23)17-10-16(21-22-17)14-8-4-5-9-15(14)19/h2-10H,11H2,1H3,(H,20,23)(H,21,22). The van der Waals surface area contributed by atoms with Crippen LogP contribution in [-0.4, -0.2) is 16.1 Å². The first-order valence-corrected chi connectivity index (χ1v) is 7.66. The number of nitrogens with zero attached hydrogens (tertiary/aromatic N) is 1. The molecule has 0 saturated carbocycles. The molecule has 23 heavy (non-hydrogen) atoms. The minimum atomic E-state index is -0.195. The summed E-state index contributed by atoms with van der Waals surface area (Å²) in [4.78, 5) is 12.2. The molecule has 2 N–H and O–H groups in total. The second kappa shape index (κ2) is 6.67. The van der Waals surface area contributed by atoms with Gasteiger partial charge in [-0.3, -0.25) is 9.89 Å².